The van der Waals surface area contributed by atoms with E-state index in [9.17, 15) is 5.11 Å². The molecule has 0 heterocycles. The smallest absolute Gasteiger partial charge is 0.0781 e. The van der Waals surface area contributed by atoms with E-state index in [4.69, 9.17) is 34.8 Å². The van der Waals surface area contributed by atoms with E-state index in [-0.39, 0.29) is 18.7 Å². The summed E-state index contributed by atoms with van der Waals surface area (Å²) in [6, 6.07) is 13.1. The normalized spacial score (nSPS) is 14.0. The standard InChI is InChI=1S/C16H16Cl3NO/c1-10(12-7-8-13(17)16(19)15(12)18)20-14(9-21)11-5-3-2-4-6-11/h2-8,10,14,20-21H,9H2,1H3/t10?,14-/m0/s1. The summed E-state index contributed by atoms with van der Waals surface area (Å²) in [6.07, 6.45) is 0. The summed E-state index contributed by atoms with van der Waals surface area (Å²) < 4.78 is 0. The average Bonchev–Trinajstić information content (AvgIpc) is 2.51. The van der Waals surface area contributed by atoms with Gasteiger partial charge >= 0.3 is 0 Å². The molecule has 5 heteroatoms. The van der Waals surface area contributed by atoms with Crippen molar-refractivity contribution in [1.82, 2.24) is 5.32 Å². The molecule has 2 nitrogen and oxygen atoms in total. The summed E-state index contributed by atoms with van der Waals surface area (Å²) in [5.41, 5.74) is 1.86. The van der Waals surface area contributed by atoms with Crippen LogP contribution in [0.2, 0.25) is 15.1 Å². The molecule has 2 aromatic rings. The van der Waals surface area contributed by atoms with E-state index in [0.717, 1.165) is 11.1 Å². The van der Waals surface area contributed by atoms with Crippen LogP contribution >= 0.6 is 34.8 Å². The highest BCUT2D eigenvalue weighted by Gasteiger charge is 2.18. The summed E-state index contributed by atoms with van der Waals surface area (Å²) in [6.45, 7) is 1.96. The lowest BCUT2D eigenvalue weighted by atomic mass is 10.0. The molecule has 1 unspecified atom stereocenters. The third-order valence-corrected chi connectivity index (χ3v) is 4.68. The lowest BCUT2D eigenvalue weighted by Gasteiger charge is -2.23. The molecular weight excluding hydrogens is 329 g/mol. The zero-order valence-corrected chi connectivity index (χ0v) is 13.8. The topological polar surface area (TPSA) is 32.3 Å². The molecule has 2 N–H and O–H groups in total. The van der Waals surface area contributed by atoms with Gasteiger partial charge in [0.05, 0.1) is 27.7 Å². The van der Waals surface area contributed by atoms with Crippen molar-refractivity contribution in [3.63, 3.8) is 0 Å². The molecule has 0 saturated heterocycles. The second kappa shape index (κ2) is 7.48. The van der Waals surface area contributed by atoms with Crippen LogP contribution in [0, 0.1) is 0 Å². The minimum Gasteiger partial charge on any atom is -0.394 e. The van der Waals surface area contributed by atoms with Crippen LogP contribution in [0.5, 0.6) is 0 Å². The molecule has 0 aliphatic carbocycles. The molecule has 2 rings (SSSR count). The summed E-state index contributed by atoms with van der Waals surface area (Å²) >= 11 is 18.3. The maximum absolute atomic E-state index is 9.60. The van der Waals surface area contributed by atoms with Gasteiger partial charge in [0.25, 0.3) is 0 Å². The molecule has 2 atom stereocenters. The van der Waals surface area contributed by atoms with Gasteiger partial charge in [-0.2, -0.15) is 0 Å². The number of aliphatic hydroxyl groups excluding tert-OH is 1. The number of halogens is 3. The Bertz CT molecular complexity index is 604. The number of benzene rings is 2. The highest BCUT2D eigenvalue weighted by molar-refractivity contribution is 6.48. The maximum Gasteiger partial charge on any atom is 0.0781 e. The quantitative estimate of drug-likeness (QED) is 0.745. The molecule has 0 bridgehead atoms. The van der Waals surface area contributed by atoms with Crippen LogP contribution in [0.4, 0.5) is 0 Å². The number of hydrogen-bond acceptors (Lipinski definition) is 2. The Kier molecular flexibility index (Phi) is 5.91. The zero-order valence-electron chi connectivity index (χ0n) is 11.5. The van der Waals surface area contributed by atoms with Gasteiger partial charge in [0, 0.05) is 6.04 Å². The molecule has 0 aliphatic heterocycles. The lowest BCUT2D eigenvalue weighted by Crippen LogP contribution is -2.27. The maximum atomic E-state index is 9.60. The van der Waals surface area contributed by atoms with Crippen molar-refractivity contribution in [1.29, 1.82) is 0 Å². The first-order valence-corrected chi connectivity index (χ1v) is 7.73. The highest BCUT2D eigenvalue weighted by atomic mass is 35.5. The molecule has 2 aromatic carbocycles. The van der Waals surface area contributed by atoms with Crippen molar-refractivity contribution in [2.75, 3.05) is 6.61 Å². The molecule has 0 aromatic heterocycles. The van der Waals surface area contributed by atoms with E-state index in [0.29, 0.717) is 15.1 Å². The van der Waals surface area contributed by atoms with Gasteiger partial charge in [-0.05, 0) is 24.1 Å². The van der Waals surface area contributed by atoms with Crippen LogP contribution in [-0.4, -0.2) is 11.7 Å². The zero-order chi connectivity index (χ0) is 15.4. The number of hydrogen-bond donors (Lipinski definition) is 2. The lowest BCUT2D eigenvalue weighted by molar-refractivity contribution is 0.235. The Labute approximate surface area is 139 Å². The van der Waals surface area contributed by atoms with Crippen LogP contribution in [0.1, 0.15) is 30.1 Å². The first kappa shape index (κ1) is 16.6. The largest absolute Gasteiger partial charge is 0.394 e. The van der Waals surface area contributed by atoms with E-state index in [2.05, 4.69) is 5.32 Å². The van der Waals surface area contributed by atoms with Crippen LogP contribution in [-0.2, 0) is 0 Å². The number of nitrogens with one attached hydrogen (secondary N) is 1. The number of aliphatic hydroxyl groups is 1. The second-order valence-electron chi connectivity index (χ2n) is 4.80. The van der Waals surface area contributed by atoms with Gasteiger partial charge in [0.2, 0.25) is 0 Å². The van der Waals surface area contributed by atoms with E-state index in [1.54, 1.807) is 6.07 Å². The molecule has 0 saturated carbocycles. The molecule has 112 valence electrons. The Morgan fingerprint density at radius 3 is 2.29 bits per heavy atom. The summed E-state index contributed by atoms with van der Waals surface area (Å²) in [5.74, 6) is 0. The van der Waals surface area contributed by atoms with Gasteiger partial charge in [0.15, 0.2) is 0 Å². The summed E-state index contributed by atoms with van der Waals surface area (Å²) in [4.78, 5) is 0. The average molecular weight is 345 g/mol. The molecule has 0 aliphatic rings. The van der Waals surface area contributed by atoms with Gasteiger partial charge in [0.1, 0.15) is 0 Å². The minimum atomic E-state index is -0.174. The van der Waals surface area contributed by atoms with E-state index in [1.807, 2.05) is 43.3 Å². The Hall–Kier alpha value is -0.770. The monoisotopic (exact) mass is 343 g/mol. The molecule has 0 spiro atoms. The minimum absolute atomic E-state index is 0.00665. The van der Waals surface area contributed by atoms with Gasteiger partial charge in [-0.1, -0.05) is 71.2 Å². The molecule has 21 heavy (non-hydrogen) atoms. The SMILES string of the molecule is CC(N[C@@H](CO)c1ccccc1)c1ccc(Cl)c(Cl)c1Cl. The van der Waals surface area contributed by atoms with Crippen molar-refractivity contribution in [3.8, 4) is 0 Å². The third kappa shape index (κ3) is 3.91. The highest BCUT2D eigenvalue weighted by Crippen LogP contribution is 2.36. The van der Waals surface area contributed by atoms with Crippen molar-refractivity contribution in [2.45, 2.75) is 19.0 Å². The summed E-state index contributed by atoms with van der Waals surface area (Å²) in [7, 11) is 0. The van der Waals surface area contributed by atoms with Crippen LogP contribution in [0.15, 0.2) is 42.5 Å². The van der Waals surface area contributed by atoms with Crippen molar-refractivity contribution in [2.24, 2.45) is 0 Å². The first-order valence-electron chi connectivity index (χ1n) is 6.59. The molecule has 0 radical (unpaired) electrons. The second-order valence-corrected chi connectivity index (χ2v) is 5.96. The fourth-order valence-electron chi connectivity index (χ4n) is 2.21. The van der Waals surface area contributed by atoms with Crippen LogP contribution in [0.3, 0.4) is 0 Å². The van der Waals surface area contributed by atoms with Gasteiger partial charge in [-0.3, -0.25) is 0 Å². The third-order valence-electron chi connectivity index (χ3n) is 3.37. The van der Waals surface area contributed by atoms with Crippen molar-refractivity contribution in [3.05, 3.63) is 68.7 Å². The van der Waals surface area contributed by atoms with Gasteiger partial charge in [-0.15, -0.1) is 0 Å². The van der Waals surface area contributed by atoms with Crippen LogP contribution in [0.25, 0.3) is 0 Å². The van der Waals surface area contributed by atoms with Crippen molar-refractivity contribution >= 4 is 34.8 Å². The predicted molar refractivity (Wildman–Crippen MR) is 89.3 cm³/mol. The predicted octanol–water partition coefficient (Wildman–Crippen LogP) is 5.03. The molecule has 0 amide bonds. The Morgan fingerprint density at radius 2 is 1.67 bits per heavy atom. The Morgan fingerprint density at radius 1 is 1.00 bits per heavy atom. The fourth-order valence-corrected chi connectivity index (χ4v) is 2.91. The molecule has 0 fully saturated rings. The van der Waals surface area contributed by atoms with E-state index in [1.165, 1.54) is 0 Å². The van der Waals surface area contributed by atoms with E-state index >= 15 is 0 Å². The Balaban J connectivity index is 2.21. The fraction of sp³-hybridized carbons (Fsp3) is 0.250. The van der Waals surface area contributed by atoms with Crippen molar-refractivity contribution < 1.29 is 5.11 Å². The van der Waals surface area contributed by atoms with E-state index < -0.39 is 0 Å². The van der Waals surface area contributed by atoms with Gasteiger partial charge < -0.3 is 10.4 Å². The van der Waals surface area contributed by atoms with Crippen LogP contribution < -0.4 is 5.32 Å². The first-order chi connectivity index (χ1) is 10.0. The van der Waals surface area contributed by atoms with Gasteiger partial charge in [-0.25, -0.2) is 0 Å². The summed E-state index contributed by atoms with van der Waals surface area (Å²) in [5, 5.41) is 14.2. The number of rotatable bonds is 5. The molecular formula is C16H16Cl3NO.